The summed E-state index contributed by atoms with van der Waals surface area (Å²) < 4.78 is 0. The summed E-state index contributed by atoms with van der Waals surface area (Å²) in [7, 11) is 0. The minimum absolute atomic E-state index is 0.300. The van der Waals surface area contributed by atoms with E-state index in [1.165, 1.54) is 10.9 Å². The van der Waals surface area contributed by atoms with E-state index < -0.39 is 0 Å². The number of Topliss-reactive ketones (excluding diaryl/α,β-unsaturated/α-hetero) is 1. The molecule has 0 unspecified atom stereocenters. The number of hydrogen-bond donors (Lipinski definition) is 1. The van der Waals surface area contributed by atoms with E-state index in [0.29, 0.717) is 11.7 Å². The zero-order valence-electron chi connectivity index (χ0n) is 7.79. The number of nitrogens with one attached hydrogen (secondary N) is 1. The molecule has 2 nitrogen and oxygen atoms in total. The van der Waals surface area contributed by atoms with Crippen molar-refractivity contribution < 1.29 is 4.79 Å². The van der Waals surface area contributed by atoms with Gasteiger partial charge in [-0.2, -0.15) is 0 Å². The summed E-state index contributed by atoms with van der Waals surface area (Å²) in [6.07, 6.45) is 3.71. The lowest BCUT2D eigenvalue weighted by molar-refractivity contribution is -0.111. The summed E-state index contributed by atoms with van der Waals surface area (Å²) >= 11 is 0. The van der Waals surface area contributed by atoms with Gasteiger partial charge in [0.2, 0.25) is 0 Å². The van der Waals surface area contributed by atoms with Crippen LogP contribution in [0.2, 0.25) is 0 Å². The first-order valence-electron chi connectivity index (χ1n) is 4.92. The average Bonchev–Trinajstić information content (AvgIpc) is 2.75. The van der Waals surface area contributed by atoms with Crippen molar-refractivity contribution in [2.45, 2.75) is 12.8 Å². The van der Waals surface area contributed by atoms with Crippen molar-refractivity contribution in [1.29, 1.82) is 0 Å². The van der Waals surface area contributed by atoms with E-state index in [0.717, 1.165) is 18.4 Å². The number of H-pyrrole nitrogens is 1. The monoisotopic (exact) mass is 185 g/mol. The van der Waals surface area contributed by atoms with Crippen LogP contribution >= 0.6 is 0 Å². The van der Waals surface area contributed by atoms with Gasteiger partial charge in [-0.3, -0.25) is 4.79 Å². The molecule has 0 saturated heterocycles. The number of benzene rings is 1. The largest absolute Gasteiger partial charge is 0.361 e. The summed E-state index contributed by atoms with van der Waals surface area (Å²) in [5.74, 6) is 0.712. The highest BCUT2D eigenvalue weighted by molar-refractivity contribution is 5.96. The third kappa shape index (κ3) is 1.15. The Morgan fingerprint density at radius 2 is 2.14 bits per heavy atom. The quantitative estimate of drug-likeness (QED) is 0.765. The summed E-state index contributed by atoms with van der Waals surface area (Å²) in [4.78, 5) is 14.2. The highest BCUT2D eigenvalue weighted by Gasteiger charge is 2.34. The molecule has 2 aromatic rings. The Balaban J connectivity index is 2.00. The molecular formula is C12H11NO. The van der Waals surface area contributed by atoms with Gasteiger partial charge in [0, 0.05) is 29.4 Å². The fraction of sp³-hybridized carbons (Fsp3) is 0.250. The minimum Gasteiger partial charge on any atom is -0.361 e. The van der Waals surface area contributed by atoms with Crippen LogP contribution in [0.25, 0.3) is 10.9 Å². The normalized spacial score (nSPS) is 20.3. The highest BCUT2D eigenvalue weighted by atomic mass is 16.1. The van der Waals surface area contributed by atoms with Gasteiger partial charge >= 0.3 is 0 Å². The topological polar surface area (TPSA) is 32.9 Å². The maximum atomic E-state index is 10.9. The number of fused-ring (bicyclic) bond motifs is 1. The standard InChI is InChI=1S/C12H11NO/c14-12-6-8(12)5-9-7-13-11-4-2-1-3-10(9)11/h1-4,7-8,13H,5-6H2/t8-/m1/s1. The van der Waals surface area contributed by atoms with Crippen LogP contribution in [0.3, 0.4) is 0 Å². The third-order valence-corrected chi connectivity index (χ3v) is 2.88. The molecule has 0 radical (unpaired) electrons. The van der Waals surface area contributed by atoms with E-state index in [9.17, 15) is 4.79 Å². The summed E-state index contributed by atoms with van der Waals surface area (Å²) in [6.45, 7) is 0. The van der Waals surface area contributed by atoms with Gasteiger partial charge in [0.15, 0.2) is 0 Å². The minimum atomic E-state index is 0.300. The molecule has 3 rings (SSSR count). The molecule has 1 fully saturated rings. The van der Waals surface area contributed by atoms with Gasteiger partial charge in [0.05, 0.1) is 0 Å². The lowest BCUT2D eigenvalue weighted by atomic mass is 10.1. The van der Waals surface area contributed by atoms with Crippen LogP contribution < -0.4 is 0 Å². The molecule has 0 spiro atoms. The predicted molar refractivity (Wildman–Crippen MR) is 55.1 cm³/mol. The van der Waals surface area contributed by atoms with Crippen molar-refractivity contribution in [2.75, 3.05) is 0 Å². The number of ketones is 1. The Kier molecular flexibility index (Phi) is 1.51. The van der Waals surface area contributed by atoms with Crippen molar-refractivity contribution in [2.24, 2.45) is 5.92 Å². The van der Waals surface area contributed by atoms with Crippen LogP contribution in [0.1, 0.15) is 12.0 Å². The van der Waals surface area contributed by atoms with Crippen molar-refractivity contribution in [3.8, 4) is 0 Å². The first kappa shape index (κ1) is 7.80. The van der Waals surface area contributed by atoms with Crippen LogP contribution in [0, 0.1) is 5.92 Å². The molecule has 0 aliphatic heterocycles. The van der Waals surface area contributed by atoms with E-state index in [1.54, 1.807) is 0 Å². The number of rotatable bonds is 2. The van der Waals surface area contributed by atoms with E-state index in [2.05, 4.69) is 17.1 Å². The number of aromatic nitrogens is 1. The molecule has 70 valence electrons. The second-order valence-electron chi connectivity index (χ2n) is 3.93. The fourth-order valence-electron chi connectivity index (χ4n) is 1.94. The third-order valence-electron chi connectivity index (χ3n) is 2.88. The molecule has 1 aliphatic rings. The summed E-state index contributed by atoms with van der Waals surface area (Å²) in [5.41, 5.74) is 2.44. The molecule has 1 N–H and O–H groups in total. The van der Waals surface area contributed by atoms with Gasteiger partial charge in [-0.1, -0.05) is 18.2 Å². The average molecular weight is 185 g/mol. The van der Waals surface area contributed by atoms with Gasteiger partial charge in [-0.15, -0.1) is 0 Å². The van der Waals surface area contributed by atoms with Crippen molar-refractivity contribution >= 4 is 16.7 Å². The van der Waals surface area contributed by atoms with Gasteiger partial charge in [-0.05, 0) is 18.1 Å². The Morgan fingerprint density at radius 3 is 2.93 bits per heavy atom. The second-order valence-corrected chi connectivity index (χ2v) is 3.93. The molecular weight excluding hydrogens is 174 g/mol. The summed E-state index contributed by atoms with van der Waals surface area (Å²) in [6, 6.07) is 8.22. The fourth-order valence-corrected chi connectivity index (χ4v) is 1.94. The van der Waals surface area contributed by atoms with Gasteiger partial charge in [0.1, 0.15) is 5.78 Å². The van der Waals surface area contributed by atoms with E-state index >= 15 is 0 Å². The number of hydrogen-bond acceptors (Lipinski definition) is 1. The first-order valence-corrected chi connectivity index (χ1v) is 4.92. The Morgan fingerprint density at radius 1 is 1.36 bits per heavy atom. The Hall–Kier alpha value is -1.57. The predicted octanol–water partition coefficient (Wildman–Crippen LogP) is 2.30. The van der Waals surface area contributed by atoms with E-state index in [-0.39, 0.29) is 0 Å². The van der Waals surface area contributed by atoms with Crippen molar-refractivity contribution in [3.05, 3.63) is 36.0 Å². The Labute approximate surface area is 81.9 Å². The Bertz CT molecular complexity index is 498. The van der Waals surface area contributed by atoms with Crippen LogP contribution in [-0.2, 0) is 11.2 Å². The second kappa shape index (κ2) is 2.71. The molecule has 1 aromatic carbocycles. The lowest BCUT2D eigenvalue weighted by Gasteiger charge is -1.94. The summed E-state index contributed by atoms with van der Waals surface area (Å²) in [5, 5.41) is 1.26. The van der Waals surface area contributed by atoms with Crippen LogP contribution in [-0.4, -0.2) is 10.8 Å². The number of aromatic amines is 1. The van der Waals surface area contributed by atoms with E-state index in [4.69, 9.17) is 0 Å². The lowest BCUT2D eigenvalue weighted by Crippen LogP contribution is -1.86. The van der Waals surface area contributed by atoms with Crippen LogP contribution in [0.5, 0.6) is 0 Å². The number of carbonyl (C=O) groups excluding carboxylic acids is 1. The van der Waals surface area contributed by atoms with Crippen molar-refractivity contribution in [3.63, 3.8) is 0 Å². The zero-order valence-corrected chi connectivity index (χ0v) is 7.79. The maximum absolute atomic E-state index is 10.9. The first-order chi connectivity index (χ1) is 6.84. The molecule has 1 aromatic heterocycles. The molecule has 0 bridgehead atoms. The number of carbonyl (C=O) groups is 1. The van der Waals surface area contributed by atoms with E-state index in [1.807, 2.05) is 18.3 Å². The van der Waals surface area contributed by atoms with Crippen LogP contribution in [0.15, 0.2) is 30.5 Å². The van der Waals surface area contributed by atoms with Crippen molar-refractivity contribution in [1.82, 2.24) is 4.98 Å². The molecule has 1 aliphatic carbocycles. The zero-order chi connectivity index (χ0) is 9.54. The molecule has 1 heterocycles. The van der Waals surface area contributed by atoms with Gasteiger partial charge in [0.25, 0.3) is 0 Å². The molecule has 14 heavy (non-hydrogen) atoms. The van der Waals surface area contributed by atoms with Crippen LogP contribution in [0.4, 0.5) is 0 Å². The smallest absolute Gasteiger partial charge is 0.137 e. The van der Waals surface area contributed by atoms with Gasteiger partial charge in [-0.25, -0.2) is 0 Å². The SMILES string of the molecule is O=C1C[C@H]1Cc1c[nH]c2ccccc12. The molecule has 2 heteroatoms. The molecule has 1 saturated carbocycles. The molecule has 1 atom stereocenters. The molecule has 0 amide bonds. The number of para-hydroxylation sites is 1. The highest BCUT2D eigenvalue weighted by Crippen LogP contribution is 2.30. The van der Waals surface area contributed by atoms with Gasteiger partial charge < -0.3 is 4.98 Å². The maximum Gasteiger partial charge on any atom is 0.137 e.